The molecule has 1 aliphatic heterocycles. The number of nitrogens with zero attached hydrogens (tertiary/aromatic N) is 2. The highest BCUT2D eigenvalue weighted by atomic mass is 16.5. The van der Waals surface area contributed by atoms with Gasteiger partial charge in [-0.3, -0.25) is 4.79 Å². The van der Waals surface area contributed by atoms with Crippen LogP contribution < -0.4 is 10.9 Å². The van der Waals surface area contributed by atoms with Crippen molar-refractivity contribution in [1.82, 2.24) is 9.78 Å². The molecule has 19 heavy (non-hydrogen) atoms. The molecule has 0 atom stereocenters. The predicted octanol–water partition coefficient (Wildman–Crippen LogP) is 1.74. The van der Waals surface area contributed by atoms with E-state index in [0.717, 1.165) is 38.3 Å². The Kier molecular flexibility index (Phi) is 4.96. The number of hydrogen-bond donors (Lipinski definition) is 1. The lowest BCUT2D eigenvalue weighted by atomic mass is 10.0. The fourth-order valence-corrected chi connectivity index (χ4v) is 2.16. The van der Waals surface area contributed by atoms with E-state index < -0.39 is 0 Å². The maximum atomic E-state index is 12.0. The first-order valence-electron chi connectivity index (χ1n) is 7.04. The van der Waals surface area contributed by atoms with Gasteiger partial charge in [-0.15, -0.1) is 0 Å². The molecule has 1 saturated heterocycles. The second-order valence-electron chi connectivity index (χ2n) is 5.60. The van der Waals surface area contributed by atoms with Crippen molar-refractivity contribution in [3.8, 4) is 0 Å². The maximum Gasteiger partial charge on any atom is 0.268 e. The average Bonchev–Trinajstić information content (AvgIpc) is 2.40. The maximum absolute atomic E-state index is 12.0. The number of nitrogens with one attached hydrogen (secondary N) is 1. The largest absolute Gasteiger partial charge is 0.383 e. The molecule has 2 rings (SSSR count). The molecular formula is C14H23N3O2. The lowest BCUT2D eigenvalue weighted by Gasteiger charge is -2.22. The summed E-state index contributed by atoms with van der Waals surface area (Å²) in [5.41, 5.74) is 0.780. The molecular weight excluding hydrogens is 242 g/mol. The lowest BCUT2D eigenvalue weighted by molar-refractivity contribution is 0.0596. The first-order chi connectivity index (χ1) is 9.15. The van der Waals surface area contributed by atoms with Gasteiger partial charge in [0.2, 0.25) is 0 Å². The van der Waals surface area contributed by atoms with Gasteiger partial charge in [-0.2, -0.15) is 5.10 Å². The molecule has 5 heteroatoms. The fourth-order valence-electron chi connectivity index (χ4n) is 2.16. The van der Waals surface area contributed by atoms with Crippen LogP contribution in [-0.2, 0) is 11.3 Å². The Morgan fingerprint density at radius 3 is 2.84 bits per heavy atom. The van der Waals surface area contributed by atoms with Gasteiger partial charge in [0.05, 0.1) is 11.9 Å². The van der Waals surface area contributed by atoms with E-state index in [9.17, 15) is 4.79 Å². The van der Waals surface area contributed by atoms with Gasteiger partial charge in [0, 0.05) is 32.4 Å². The molecule has 5 nitrogen and oxygen atoms in total. The van der Waals surface area contributed by atoms with Crippen molar-refractivity contribution in [3.05, 3.63) is 22.6 Å². The van der Waals surface area contributed by atoms with Crippen molar-refractivity contribution < 1.29 is 4.74 Å². The zero-order valence-electron chi connectivity index (χ0n) is 11.8. The zero-order valence-corrected chi connectivity index (χ0v) is 11.8. The smallest absolute Gasteiger partial charge is 0.268 e. The van der Waals surface area contributed by atoms with Crippen molar-refractivity contribution in [2.45, 2.75) is 33.2 Å². The number of rotatable bonds is 5. The van der Waals surface area contributed by atoms with Gasteiger partial charge >= 0.3 is 0 Å². The summed E-state index contributed by atoms with van der Waals surface area (Å²) in [6.45, 7) is 7.41. The molecule has 0 bridgehead atoms. The summed E-state index contributed by atoms with van der Waals surface area (Å²) in [5, 5.41) is 7.47. The second-order valence-corrected chi connectivity index (χ2v) is 5.60. The Morgan fingerprint density at radius 2 is 2.21 bits per heavy atom. The Balaban J connectivity index is 1.96. The summed E-state index contributed by atoms with van der Waals surface area (Å²) in [6.07, 6.45) is 3.77. The molecule has 2 heterocycles. The molecule has 1 fully saturated rings. The number of aromatic nitrogens is 2. The van der Waals surface area contributed by atoms with E-state index in [2.05, 4.69) is 24.3 Å². The first-order valence-corrected chi connectivity index (χ1v) is 7.04. The average molecular weight is 265 g/mol. The number of anilines is 1. The molecule has 1 aromatic heterocycles. The van der Waals surface area contributed by atoms with Crippen LogP contribution in [0.4, 0.5) is 5.69 Å². The highest BCUT2D eigenvalue weighted by Gasteiger charge is 2.15. The lowest BCUT2D eigenvalue weighted by Crippen LogP contribution is -2.29. The zero-order chi connectivity index (χ0) is 13.7. The van der Waals surface area contributed by atoms with Crippen molar-refractivity contribution >= 4 is 5.69 Å². The summed E-state index contributed by atoms with van der Waals surface area (Å²) < 4.78 is 6.89. The molecule has 1 aromatic rings. The van der Waals surface area contributed by atoms with Gasteiger partial charge in [0.15, 0.2) is 0 Å². The molecule has 0 unspecified atom stereocenters. The molecule has 0 radical (unpaired) electrons. The monoisotopic (exact) mass is 265 g/mol. The minimum absolute atomic E-state index is 0.0275. The SMILES string of the molecule is CC(C)CNc1cnn(CC2CCOCC2)c(=O)c1. The van der Waals surface area contributed by atoms with Gasteiger partial charge in [0.1, 0.15) is 0 Å². The van der Waals surface area contributed by atoms with E-state index in [1.165, 1.54) is 0 Å². The van der Waals surface area contributed by atoms with Gasteiger partial charge in [-0.1, -0.05) is 13.8 Å². The van der Waals surface area contributed by atoms with Crippen LogP contribution in [0.1, 0.15) is 26.7 Å². The topological polar surface area (TPSA) is 56.1 Å². The number of ether oxygens (including phenoxy) is 1. The van der Waals surface area contributed by atoms with E-state index in [4.69, 9.17) is 4.74 Å². The molecule has 0 amide bonds. The van der Waals surface area contributed by atoms with Crippen molar-refractivity contribution in [1.29, 1.82) is 0 Å². The van der Waals surface area contributed by atoms with Crippen LogP contribution in [-0.4, -0.2) is 29.5 Å². The summed E-state index contributed by atoms with van der Waals surface area (Å²) in [4.78, 5) is 12.0. The molecule has 1 aliphatic rings. The minimum atomic E-state index is -0.0275. The van der Waals surface area contributed by atoms with E-state index in [1.54, 1.807) is 16.9 Å². The van der Waals surface area contributed by atoms with Gasteiger partial charge in [0.25, 0.3) is 5.56 Å². The first kappa shape index (κ1) is 14.1. The quantitative estimate of drug-likeness (QED) is 0.881. The van der Waals surface area contributed by atoms with E-state index in [-0.39, 0.29) is 5.56 Å². The Morgan fingerprint density at radius 1 is 1.47 bits per heavy atom. The summed E-state index contributed by atoms with van der Waals surface area (Å²) >= 11 is 0. The Bertz CT molecular complexity index is 450. The normalized spacial score (nSPS) is 16.8. The van der Waals surface area contributed by atoms with Gasteiger partial charge < -0.3 is 10.1 Å². The third kappa shape index (κ3) is 4.35. The van der Waals surface area contributed by atoms with Crippen LogP contribution in [0, 0.1) is 11.8 Å². The van der Waals surface area contributed by atoms with Crippen LogP contribution >= 0.6 is 0 Å². The highest BCUT2D eigenvalue weighted by molar-refractivity contribution is 5.38. The van der Waals surface area contributed by atoms with Crippen LogP contribution in [0.3, 0.4) is 0 Å². The van der Waals surface area contributed by atoms with Crippen molar-refractivity contribution in [2.24, 2.45) is 11.8 Å². The standard InChI is InChI=1S/C14H23N3O2/c1-11(2)8-15-13-7-14(18)17(16-9-13)10-12-3-5-19-6-4-12/h7,9,11-12,15H,3-6,8,10H2,1-2H3. The summed E-state index contributed by atoms with van der Waals surface area (Å²) in [6, 6.07) is 1.63. The summed E-state index contributed by atoms with van der Waals surface area (Å²) in [7, 11) is 0. The molecule has 0 aliphatic carbocycles. The van der Waals surface area contributed by atoms with Crippen molar-refractivity contribution in [3.63, 3.8) is 0 Å². The van der Waals surface area contributed by atoms with Crippen LogP contribution in [0.15, 0.2) is 17.1 Å². The van der Waals surface area contributed by atoms with Crippen LogP contribution in [0.2, 0.25) is 0 Å². The second kappa shape index (κ2) is 6.70. The number of hydrogen-bond acceptors (Lipinski definition) is 4. The summed E-state index contributed by atoms with van der Waals surface area (Å²) in [5.74, 6) is 1.05. The molecule has 106 valence electrons. The highest BCUT2D eigenvalue weighted by Crippen LogP contribution is 2.15. The Hall–Kier alpha value is -1.36. The van der Waals surface area contributed by atoms with E-state index in [1.807, 2.05) is 0 Å². The minimum Gasteiger partial charge on any atom is -0.383 e. The molecule has 1 N–H and O–H groups in total. The fraction of sp³-hybridized carbons (Fsp3) is 0.714. The van der Waals surface area contributed by atoms with Crippen molar-refractivity contribution in [2.75, 3.05) is 25.1 Å². The third-order valence-corrected chi connectivity index (χ3v) is 3.36. The van der Waals surface area contributed by atoms with E-state index in [0.29, 0.717) is 18.4 Å². The molecule has 0 saturated carbocycles. The van der Waals surface area contributed by atoms with Crippen LogP contribution in [0.25, 0.3) is 0 Å². The van der Waals surface area contributed by atoms with E-state index >= 15 is 0 Å². The van der Waals surface area contributed by atoms with Crippen LogP contribution in [0.5, 0.6) is 0 Å². The van der Waals surface area contributed by atoms with Gasteiger partial charge in [-0.25, -0.2) is 4.68 Å². The third-order valence-electron chi connectivity index (χ3n) is 3.36. The predicted molar refractivity (Wildman–Crippen MR) is 75.4 cm³/mol. The van der Waals surface area contributed by atoms with Gasteiger partial charge in [-0.05, 0) is 24.7 Å². The molecule has 0 aromatic carbocycles. The molecule has 0 spiro atoms. The Labute approximate surface area is 114 Å².